The molecule has 3 nitrogen and oxygen atoms in total. The first kappa shape index (κ1) is 14.0. The van der Waals surface area contributed by atoms with Crippen LogP contribution in [0.5, 0.6) is 0 Å². The van der Waals surface area contributed by atoms with Crippen molar-refractivity contribution in [1.29, 1.82) is 0 Å². The summed E-state index contributed by atoms with van der Waals surface area (Å²) in [4.78, 5) is 12.1. The molecule has 1 heterocycles. The molecular weight excluding hydrogens is 214 g/mol. The molecule has 0 bridgehead atoms. The van der Waals surface area contributed by atoms with Crippen LogP contribution in [0.3, 0.4) is 0 Å². The molecule has 96 valence electrons. The fourth-order valence-corrected chi connectivity index (χ4v) is 1.88. The summed E-state index contributed by atoms with van der Waals surface area (Å²) in [5.74, 6) is 0.891. The van der Waals surface area contributed by atoms with Crippen molar-refractivity contribution in [3.8, 4) is 0 Å². The fourth-order valence-electron chi connectivity index (χ4n) is 1.88. The molecule has 0 unspecified atom stereocenters. The van der Waals surface area contributed by atoms with Crippen molar-refractivity contribution < 1.29 is 5.11 Å². The van der Waals surface area contributed by atoms with E-state index in [-0.39, 0.29) is 12.2 Å². The van der Waals surface area contributed by atoms with Gasteiger partial charge in [-0.3, -0.25) is 4.79 Å². The Balaban J connectivity index is 3.16. The van der Waals surface area contributed by atoms with Gasteiger partial charge in [0.2, 0.25) is 0 Å². The zero-order valence-corrected chi connectivity index (χ0v) is 11.2. The SMILES string of the molecule is CC(C)CCn1c(C(C)C)ccc(CO)c1=O. The highest BCUT2D eigenvalue weighted by molar-refractivity contribution is 5.18. The summed E-state index contributed by atoms with van der Waals surface area (Å²) in [7, 11) is 0. The molecule has 17 heavy (non-hydrogen) atoms. The Bertz CT molecular complexity index is 419. The van der Waals surface area contributed by atoms with Gasteiger partial charge in [-0.05, 0) is 30.4 Å². The number of hydrogen-bond donors (Lipinski definition) is 1. The minimum atomic E-state index is -0.182. The van der Waals surface area contributed by atoms with E-state index in [4.69, 9.17) is 5.11 Å². The zero-order chi connectivity index (χ0) is 13.0. The highest BCUT2D eigenvalue weighted by atomic mass is 16.3. The number of rotatable bonds is 5. The second kappa shape index (κ2) is 6.01. The van der Waals surface area contributed by atoms with Crippen LogP contribution in [0.1, 0.15) is 51.3 Å². The van der Waals surface area contributed by atoms with Crippen LogP contribution < -0.4 is 5.56 Å². The van der Waals surface area contributed by atoms with Crippen LogP contribution in [0, 0.1) is 5.92 Å². The molecule has 1 aromatic heterocycles. The molecule has 0 aromatic carbocycles. The van der Waals surface area contributed by atoms with Crippen LogP contribution in [-0.4, -0.2) is 9.67 Å². The lowest BCUT2D eigenvalue weighted by Gasteiger charge is -2.17. The highest BCUT2D eigenvalue weighted by Crippen LogP contribution is 2.14. The molecule has 1 N–H and O–H groups in total. The molecule has 0 spiro atoms. The maximum Gasteiger partial charge on any atom is 0.256 e. The quantitative estimate of drug-likeness (QED) is 0.855. The van der Waals surface area contributed by atoms with Gasteiger partial charge in [-0.15, -0.1) is 0 Å². The molecule has 0 saturated carbocycles. The molecule has 0 amide bonds. The number of aliphatic hydroxyl groups excluding tert-OH is 1. The number of nitrogens with zero attached hydrogens (tertiary/aromatic N) is 1. The third-order valence-corrected chi connectivity index (χ3v) is 2.98. The summed E-state index contributed by atoms with van der Waals surface area (Å²) in [6, 6.07) is 3.70. The molecule has 3 heteroatoms. The summed E-state index contributed by atoms with van der Waals surface area (Å²) < 4.78 is 1.82. The largest absolute Gasteiger partial charge is 0.391 e. The van der Waals surface area contributed by atoms with Gasteiger partial charge in [0.05, 0.1) is 6.61 Å². The van der Waals surface area contributed by atoms with E-state index in [1.165, 1.54) is 0 Å². The molecule has 0 fully saturated rings. The first-order valence-corrected chi connectivity index (χ1v) is 6.30. The van der Waals surface area contributed by atoms with Gasteiger partial charge in [-0.1, -0.05) is 27.7 Å². The molecule has 0 aliphatic heterocycles. The molecular formula is C14H23NO2. The molecule has 1 aromatic rings. The summed E-state index contributed by atoms with van der Waals surface area (Å²) in [5.41, 5.74) is 1.49. The maximum atomic E-state index is 12.1. The Hall–Kier alpha value is -1.09. The minimum Gasteiger partial charge on any atom is -0.391 e. The molecule has 0 aliphatic carbocycles. The average Bonchev–Trinajstić information content (AvgIpc) is 2.26. The lowest BCUT2D eigenvalue weighted by atomic mass is 10.1. The van der Waals surface area contributed by atoms with Crippen molar-refractivity contribution in [2.24, 2.45) is 5.92 Å². The van der Waals surface area contributed by atoms with Crippen LogP contribution in [0.15, 0.2) is 16.9 Å². The first-order valence-electron chi connectivity index (χ1n) is 6.30. The number of aromatic nitrogens is 1. The lowest BCUT2D eigenvalue weighted by Crippen LogP contribution is -2.27. The Labute approximate surface area is 103 Å². The molecule has 0 aliphatic rings. The zero-order valence-electron chi connectivity index (χ0n) is 11.2. The van der Waals surface area contributed by atoms with Crippen molar-refractivity contribution >= 4 is 0 Å². The van der Waals surface area contributed by atoms with Gasteiger partial charge in [0.15, 0.2) is 0 Å². The summed E-state index contributed by atoms with van der Waals surface area (Å²) in [6.45, 7) is 9.02. The van der Waals surface area contributed by atoms with Crippen molar-refractivity contribution in [1.82, 2.24) is 4.57 Å². The van der Waals surface area contributed by atoms with Gasteiger partial charge in [0.25, 0.3) is 5.56 Å². The van der Waals surface area contributed by atoms with Gasteiger partial charge in [-0.25, -0.2) is 0 Å². The number of pyridine rings is 1. The van der Waals surface area contributed by atoms with E-state index in [9.17, 15) is 4.79 Å². The lowest BCUT2D eigenvalue weighted by molar-refractivity contribution is 0.278. The van der Waals surface area contributed by atoms with E-state index < -0.39 is 0 Å². The van der Waals surface area contributed by atoms with Crippen LogP contribution in [0.2, 0.25) is 0 Å². The van der Waals surface area contributed by atoms with Crippen molar-refractivity contribution in [3.05, 3.63) is 33.7 Å². The Morgan fingerprint density at radius 3 is 2.35 bits per heavy atom. The van der Waals surface area contributed by atoms with Gasteiger partial charge in [0.1, 0.15) is 0 Å². The van der Waals surface area contributed by atoms with Gasteiger partial charge in [-0.2, -0.15) is 0 Å². The Morgan fingerprint density at radius 2 is 1.88 bits per heavy atom. The molecule has 0 radical (unpaired) electrons. The maximum absolute atomic E-state index is 12.1. The average molecular weight is 237 g/mol. The monoisotopic (exact) mass is 237 g/mol. The van der Waals surface area contributed by atoms with E-state index in [0.717, 1.165) is 18.7 Å². The van der Waals surface area contributed by atoms with E-state index >= 15 is 0 Å². The van der Waals surface area contributed by atoms with Crippen molar-refractivity contribution in [2.45, 2.75) is 53.2 Å². The Morgan fingerprint density at radius 1 is 1.24 bits per heavy atom. The summed E-state index contributed by atoms with van der Waals surface area (Å²) in [6.07, 6.45) is 0.981. The molecule has 0 atom stereocenters. The standard InChI is InChI=1S/C14H23NO2/c1-10(2)7-8-15-13(11(3)4)6-5-12(9-16)14(15)17/h5-6,10-11,16H,7-9H2,1-4H3. The molecule has 0 saturated heterocycles. The second-order valence-electron chi connectivity index (χ2n) is 5.24. The van der Waals surface area contributed by atoms with Crippen LogP contribution in [-0.2, 0) is 13.2 Å². The summed E-state index contributed by atoms with van der Waals surface area (Å²) >= 11 is 0. The minimum absolute atomic E-state index is 0.0423. The second-order valence-corrected chi connectivity index (χ2v) is 5.24. The van der Waals surface area contributed by atoms with E-state index in [2.05, 4.69) is 27.7 Å². The third kappa shape index (κ3) is 3.43. The highest BCUT2D eigenvalue weighted by Gasteiger charge is 2.11. The number of aliphatic hydroxyl groups is 1. The van der Waals surface area contributed by atoms with Crippen molar-refractivity contribution in [3.63, 3.8) is 0 Å². The van der Waals surface area contributed by atoms with Gasteiger partial charge in [0, 0.05) is 17.8 Å². The fraction of sp³-hybridized carbons (Fsp3) is 0.643. The Kier molecular flexibility index (Phi) is 4.94. The normalized spacial score (nSPS) is 11.5. The van der Waals surface area contributed by atoms with Crippen LogP contribution in [0.4, 0.5) is 0 Å². The number of hydrogen-bond acceptors (Lipinski definition) is 2. The van der Waals surface area contributed by atoms with Gasteiger partial charge >= 0.3 is 0 Å². The van der Waals surface area contributed by atoms with E-state index in [0.29, 0.717) is 17.4 Å². The predicted octanol–water partition coefficient (Wildman–Crippen LogP) is 2.51. The van der Waals surface area contributed by atoms with E-state index in [1.54, 1.807) is 6.07 Å². The smallest absolute Gasteiger partial charge is 0.256 e. The topological polar surface area (TPSA) is 42.2 Å². The summed E-state index contributed by atoms with van der Waals surface area (Å²) in [5, 5.41) is 9.14. The first-order chi connectivity index (χ1) is 7.97. The van der Waals surface area contributed by atoms with Crippen molar-refractivity contribution in [2.75, 3.05) is 0 Å². The van der Waals surface area contributed by atoms with Crippen LogP contribution >= 0.6 is 0 Å². The predicted molar refractivity (Wildman–Crippen MR) is 70.2 cm³/mol. The molecule has 1 rings (SSSR count). The van der Waals surface area contributed by atoms with Crippen LogP contribution in [0.25, 0.3) is 0 Å². The van der Waals surface area contributed by atoms with Gasteiger partial charge < -0.3 is 9.67 Å². The van der Waals surface area contributed by atoms with E-state index in [1.807, 2.05) is 10.6 Å². The third-order valence-electron chi connectivity index (χ3n) is 2.98.